The highest BCUT2D eigenvalue weighted by Crippen LogP contribution is 2.32. The molecule has 0 bridgehead atoms. The number of anilines is 2. The summed E-state index contributed by atoms with van der Waals surface area (Å²) in [7, 11) is 3.24. The molecule has 1 N–H and O–H groups in total. The molecular formula is C23H24ClN5O3. The largest absolute Gasteiger partial charge is 0.497 e. The molecule has 0 atom stereocenters. The van der Waals surface area contributed by atoms with Crippen LogP contribution in [0.15, 0.2) is 54.6 Å². The Morgan fingerprint density at radius 1 is 0.969 bits per heavy atom. The van der Waals surface area contributed by atoms with Crippen molar-refractivity contribution in [3.63, 3.8) is 0 Å². The van der Waals surface area contributed by atoms with Gasteiger partial charge in [0, 0.05) is 42.5 Å². The molecule has 0 radical (unpaired) electrons. The Morgan fingerprint density at radius 3 is 2.44 bits per heavy atom. The molecule has 2 aromatic carbocycles. The Kier molecular flexibility index (Phi) is 6.61. The van der Waals surface area contributed by atoms with Crippen LogP contribution in [0.5, 0.6) is 11.5 Å². The lowest BCUT2D eigenvalue weighted by atomic mass is 10.1. The number of hydrogen-bond acceptors (Lipinski definition) is 6. The first-order valence-corrected chi connectivity index (χ1v) is 10.6. The minimum atomic E-state index is -0.140. The molecule has 0 aliphatic carbocycles. The number of halogens is 1. The molecule has 0 unspecified atom stereocenters. The zero-order valence-electron chi connectivity index (χ0n) is 17.9. The number of aromatic nitrogens is 2. The molecule has 2 heterocycles. The third-order valence-electron chi connectivity index (χ3n) is 5.30. The molecule has 8 nitrogen and oxygen atoms in total. The number of ether oxygens (including phenoxy) is 2. The van der Waals surface area contributed by atoms with Crippen molar-refractivity contribution in [3.05, 3.63) is 59.6 Å². The number of hydrogen-bond donors (Lipinski definition) is 1. The van der Waals surface area contributed by atoms with E-state index in [1.54, 1.807) is 37.3 Å². The number of benzene rings is 2. The standard InChI is InChI=1S/C23H24ClN5O3/c1-31-18-6-8-21(32-2)19(15-18)20-7-9-22(27-26-20)28-10-12-29(13-11-28)23(30)25-17-5-3-4-16(24)14-17/h3-9,14-15H,10-13H2,1-2H3,(H,25,30). The molecule has 166 valence electrons. The van der Waals surface area contributed by atoms with Gasteiger partial charge >= 0.3 is 6.03 Å². The normalized spacial score (nSPS) is 13.6. The molecule has 0 saturated carbocycles. The molecule has 2 amide bonds. The monoisotopic (exact) mass is 453 g/mol. The van der Waals surface area contributed by atoms with E-state index in [0.717, 1.165) is 17.1 Å². The lowest BCUT2D eigenvalue weighted by molar-refractivity contribution is 0.208. The quantitative estimate of drug-likeness (QED) is 0.624. The van der Waals surface area contributed by atoms with E-state index in [1.165, 1.54) is 0 Å². The number of nitrogens with zero attached hydrogens (tertiary/aromatic N) is 4. The molecule has 32 heavy (non-hydrogen) atoms. The van der Waals surface area contributed by atoms with Crippen molar-refractivity contribution < 1.29 is 14.3 Å². The summed E-state index contributed by atoms with van der Waals surface area (Å²) in [5, 5.41) is 12.3. The molecular weight excluding hydrogens is 430 g/mol. The first kappa shape index (κ1) is 21.7. The van der Waals surface area contributed by atoms with Gasteiger partial charge < -0.3 is 24.6 Å². The summed E-state index contributed by atoms with van der Waals surface area (Å²) in [6.45, 7) is 2.50. The first-order chi connectivity index (χ1) is 15.6. The summed E-state index contributed by atoms with van der Waals surface area (Å²) in [6, 6.07) is 16.4. The van der Waals surface area contributed by atoms with Gasteiger partial charge in [-0.25, -0.2) is 4.79 Å². The van der Waals surface area contributed by atoms with Gasteiger partial charge in [-0.05, 0) is 48.5 Å². The first-order valence-electron chi connectivity index (χ1n) is 10.2. The van der Waals surface area contributed by atoms with E-state index in [2.05, 4.69) is 20.4 Å². The van der Waals surface area contributed by atoms with Gasteiger partial charge in [0.05, 0.1) is 19.9 Å². The molecule has 1 fully saturated rings. The van der Waals surface area contributed by atoms with Crippen molar-refractivity contribution >= 4 is 29.1 Å². The lowest BCUT2D eigenvalue weighted by Crippen LogP contribution is -2.50. The number of carbonyl (C=O) groups excluding carboxylic acids is 1. The molecule has 4 rings (SSSR count). The van der Waals surface area contributed by atoms with E-state index >= 15 is 0 Å². The van der Waals surface area contributed by atoms with Crippen molar-refractivity contribution in [2.75, 3.05) is 50.6 Å². The molecule has 1 saturated heterocycles. The fourth-order valence-electron chi connectivity index (χ4n) is 3.56. The topological polar surface area (TPSA) is 79.8 Å². The van der Waals surface area contributed by atoms with Gasteiger partial charge in [0.2, 0.25) is 0 Å². The number of nitrogens with one attached hydrogen (secondary N) is 1. The fraction of sp³-hybridized carbons (Fsp3) is 0.261. The Balaban J connectivity index is 1.39. The average molecular weight is 454 g/mol. The van der Waals surface area contributed by atoms with Crippen molar-refractivity contribution in [3.8, 4) is 22.8 Å². The molecule has 1 aromatic heterocycles. The van der Waals surface area contributed by atoms with Gasteiger partial charge in [0.15, 0.2) is 5.82 Å². The van der Waals surface area contributed by atoms with Gasteiger partial charge in [0.1, 0.15) is 11.5 Å². The van der Waals surface area contributed by atoms with E-state index in [4.69, 9.17) is 21.1 Å². The fourth-order valence-corrected chi connectivity index (χ4v) is 3.75. The van der Waals surface area contributed by atoms with E-state index < -0.39 is 0 Å². The van der Waals surface area contributed by atoms with Crippen LogP contribution < -0.4 is 19.7 Å². The maximum atomic E-state index is 12.5. The maximum absolute atomic E-state index is 12.5. The SMILES string of the molecule is COc1ccc(OC)c(-c2ccc(N3CCN(C(=O)Nc4cccc(Cl)c4)CC3)nn2)c1. The second-order valence-electron chi connectivity index (χ2n) is 7.26. The third-order valence-corrected chi connectivity index (χ3v) is 5.53. The predicted octanol–water partition coefficient (Wildman–Crippen LogP) is 4.17. The van der Waals surface area contributed by atoms with Crippen molar-refractivity contribution in [2.45, 2.75) is 0 Å². The van der Waals surface area contributed by atoms with Crippen LogP contribution in [0.25, 0.3) is 11.3 Å². The summed E-state index contributed by atoms with van der Waals surface area (Å²) in [4.78, 5) is 16.4. The van der Waals surface area contributed by atoms with Gasteiger partial charge in [-0.3, -0.25) is 0 Å². The molecule has 3 aromatic rings. The second-order valence-corrected chi connectivity index (χ2v) is 7.69. The minimum absolute atomic E-state index is 0.140. The summed E-state index contributed by atoms with van der Waals surface area (Å²) >= 11 is 5.99. The summed E-state index contributed by atoms with van der Waals surface area (Å²) in [5.74, 6) is 2.19. The average Bonchev–Trinajstić information content (AvgIpc) is 2.84. The molecule has 0 spiro atoms. The van der Waals surface area contributed by atoms with Gasteiger partial charge in [0.25, 0.3) is 0 Å². The van der Waals surface area contributed by atoms with Crippen molar-refractivity contribution in [1.82, 2.24) is 15.1 Å². The highest BCUT2D eigenvalue weighted by Gasteiger charge is 2.22. The van der Waals surface area contributed by atoms with Gasteiger partial charge in [-0.1, -0.05) is 17.7 Å². The smallest absolute Gasteiger partial charge is 0.321 e. The van der Waals surface area contributed by atoms with Crippen LogP contribution in [0, 0.1) is 0 Å². The summed E-state index contributed by atoms with van der Waals surface area (Å²) < 4.78 is 10.8. The third kappa shape index (κ3) is 4.86. The van der Waals surface area contributed by atoms with Gasteiger partial charge in [-0.2, -0.15) is 0 Å². The number of rotatable bonds is 5. The number of methoxy groups -OCH3 is 2. The zero-order valence-corrected chi connectivity index (χ0v) is 18.7. The van der Waals surface area contributed by atoms with Crippen molar-refractivity contribution in [2.24, 2.45) is 0 Å². The van der Waals surface area contributed by atoms with E-state index in [1.807, 2.05) is 36.4 Å². The van der Waals surface area contributed by atoms with Crippen LogP contribution in [-0.4, -0.2) is 61.5 Å². The van der Waals surface area contributed by atoms with Crippen LogP contribution in [0.2, 0.25) is 5.02 Å². The van der Waals surface area contributed by atoms with Gasteiger partial charge in [-0.15, -0.1) is 10.2 Å². The van der Waals surface area contributed by atoms with E-state index in [-0.39, 0.29) is 6.03 Å². The maximum Gasteiger partial charge on any atom is 0.321 e. The lowest BCUT2D eigenvalue weighted by Gasteiger charge is -2.35. The Labute approximate surface area is 191 Å². The molecule has 9 heteroatoms. The number of amides is 2. The number of urea groups is 1. The Hall–Kier alpha value is -3.52. The van der Waals surface area contributed by atoms with Crippen LogP contribution in [0.3, 0.4) is 0 Å². The highest BCUT2D eigenvalue weighted by atomic mass is 35.5. The van der Waals surface area contributed by atoms with Crippen LogP contribution in [-0.2, 0) is 0 Å². The molecule has 1 aliphatic rings. The van der Waals surface area contributed by atoms with E-state index in [9.17, 15) is 4.79 Å². The van der Waals surface area contributed by atoms with Crippen molar-refractivity contribution in [1.29, 1.82) is 0 Å². The predicted molar refractivity (Wildman–Crippen MR) is 125 cm³/mol. The molecule has 1 aliphatic heterocycles. The number of carbonyl (C=O) groups is 1. The Bertz CT molecular complexity index is 1090. The summed E-state index contributed by atoms with van der Waals surface area (Å²) in [5.41, 5.74) is 2.19. The van der Waals surface area contributed by atoms with Crippen LogP contribution >= 0.6 is 11.6 Å². The van der Waals surface area contributed by atoms with Crippen LogP contribution in [0.4, 0.5) is 16.3 Å². The zero-order chi connectivity index (χ0) is 22.5. The van der Waals surface area contributed by atoms with E-state index in [0.29, 0.717) is 48.3 Å². The minimum Gasteiger partial charge on any atom is -0.497 e. The number of piperazine rings is 1. The Morgan fingerprint density at radius 2 is 1.78 bits per heavy atom. The van der Waals surface area contributed by atoms with Crippen LogP contribution in [0.1, 0.15) is 0 Å². The second kappa shape index (κ2) is 9.74. The highest BCUT2D eigenvalue weighted by molar-refractivity contribution is 6.30. The summed E-state index contributed by atoms with van der Waals surface area (Å²) in [6.07, 6.45) is 0.